The van der Waals surface area contributed by atoms with Gasteiger partial charge in [-0.25, -0.2) is 9.69 Å². The van der Waals surface area contributed by atoms with Gasteiger partial charge in [-0.15, -0.1) is 0 Å². The largest absolute Gasteiger partial charge is 0.444 e. The lowest BCUT2D eigenvalue weighted by atomic mass is 10.1. The van der Waals surface area contributed by atoms with E-state index >= 15 is 0 Å². The number of benzene rings is 1. The highest BCUT2D eigenvalue weighted by Crippen LogP contribution is 2.10. The van der Waals surface area contributed by atoms with E-state index in [2.05, 4.69) is 0 Å². The summed E-state index contributed by atoms with van der Waals surface area (Å²) in [4.78, 5) is 35.1. The molecule has 0 bridgehead atoms. The summed E-state index contributed by atoms with van der Waals surface area (Å²) < 4.78 is 5.03. The van der Waals surface area contributed by atoms with E-state index in [4.69, 9.17) is 4.74 Å². The molecule has 94 valence electrons. The quantitative estimate of drug-likeness (QED) is 0.743. The summed E-state index contributed by atoms with van der Waals surface area (Å²) in [6.07, 6.45) is -0.677. The van der Waals surface area contributed by atoms with Crippen LogP contribution in [0.3, 0.4) is 0 Å². The average molecular weight is 247 g/mol. The van der Waals surface area contributed by atoms with E-state index in [1.165, 1.54) is 0 Å². The molecule has 1 heterocycles. The van der Waals surface area contributed by atoms with E-state index in [0.29, 0.717) is 0 Å². The summed E-state index contributed by atoms with van der Waals surface area (Å²) in [7, 11) is 0. The Hall–Kier alpha value is -2.17. The third kappa shape index (κ3) is 2.94. The van der Waals surface area contributed by atoms with Crippen LogP contribution < -0.4 is 0 Å². The molecule has 0 unspecified atom stereocenters. The van der Waals surface area contributed by atoms with Crippen molar-refractivity contribution in [2.75, 3.05) is 6.54 Å². The van der Waals surface area contributed by atoms with Crippen LogP contribution in [0.25, 0.3) is 0 Å². The zero-order valence-corrected chi connectivity index (χ0v) is 9.80. The van der Waals surface area contributed by atoms with Gasteiger partial charge in [-0.3, -0.25) is 9.59 Å². The normalized spacial score (nSPS) is 15.7. The Kier molecular flexibility index (Phi) is 3.72. The molecule has 1 aromatic rings. The molecule has 5 heteroatoms. The third-order valence-electron chi connectivity index (χ3n) is 2.69. The van der Waals surface area contributed by atoms with Gasteiger partial charge in [0.2, 0.25) is 5.91 Å². The van der Waals surface area contributed by atoms with Crippen LogP contribution in [0, 0.1) is 0 Å². The first-order valence-corrected chi connectivity index (χ1v) is 5.69. The number of carbonyl (C=O) groups excluding carboxylic acids is 3. The third-order valence-corrected chi connectivity index (χ3v) is 2.69. The predicted molar refractivity (Wildman–Crippen MR) is 62.6 cm³/mol. The van der Waals surface area contributed by atoms with Crippen LogP contribution in [0.5, 0.6) is 0 Å². The smallest absolute Gasteiger partial charge is 0.416 e. The Morgan fingerprint density at radius 3 is 2.61 bits per heavy atom. The average Bonchev–Trinajstić information content (AvgIpc) is 2.37. The highest BCUT2D eigenvalue weighted by atomic mass is 16.6. The minimum atomic E-state index is -0.684. The Morgan fingerprint density at radius 1 is 1.22 bits per heavy atom. The molecule has 18 heavy (non-hydrogen) atoms. The maximum Gasteiger partial charge on any atom is 0.416 e. The van der Waals surface area contributed by atoms with E-state index in [9.17, 15) is 14.4 Å². The van der Waals surface area contributed by atoms with Crippen LogP contribution in [0.4, 0.5) is 4.79 Å². The number of ether oxygens (including phenoxy) is 1. The molecule has 2 rings (SSSR count). The van der Waals surface area contributed by atoms with Crippen molar-refractivity contribution < 1.29 is 19.1 Å². The molecule has 0 aliphatic carbocycles. The van der Waals surface area contributed by atoms with Gasteiger partial charge < -0.3 is 4.74 Å². The number of likely N-dealkylation sites (tertiary alicyclic amines) is 1. The van der Waals surface area contributed by atoms with Crippen molar-refractivity contribution >= 4 is 17.8 Å². The lowest BCUT2D eigenvalue weighted by Gasteiger charge is -2.23. The molecule has 1 aliphatic heterocycles. The van der Waals surface area contributed by atoms with Crippen molar-refractivity contribution in [2.45, 2.75) is 19.4 Å². The summed E-state index contributed by atoms with van der Waals surface area (Å²) in [5.41, 5.74) is 0.853. The number of rotatable bonds is 2. The first-order valence-electron chi connectivity index (χ1n) is 5.69. The molecule has 0 aromatic heterocycles. The topological polar surface area (TPSA) is 63.7 Å². The fraction of sp³-hybridized carbons (Fsp3) is 0.308. The van der Waals surface area contributed by atoms with Crippen LogP contribution >= 0.6 is 0 Å². The van der Waals surface area contributed by atoms with E-state index in [1.807, 2.05) is 30.3 Å². The van der Waals surface area contributed by atoms with Crippen molar-refractivity contribution in [1.82, 2.24) is 4.90 Å². The maximum absolute atomic E-state index is 11.7. The molecule has 0 atom stereocenters. The zero-order chi connectivity index (χ0) is 13.0. The molecular formula is C13H13NO4. The van der Waals surface area contributed by atoms with E-state index < -0.39 is 12.0 Å². The lowest BCUT2D eigenvalue weighted by molar-refractivity contribution is -0.137. The van der Waals surface area contributed by atoms with Crippen LogP contribution in [0.1, 0.15) is 18.4 Å². The molecule has 0 spiro atoms. The molecule has 1 fully saturated rings. The molecule has 2 amide bonds. The molecule has 0 radical (unpaired) electrons. The fourth-order valence-corrected chi connectivity index (χ4v) is 1.70. The number of ketones is 1. The molecule has 5 nitrogen and oxygen atoms in total. The van der Waals surface area contributed by atoms with Crippen molar-refractivity contribution in [2.24, 2.45) is 0 Å². The summed E-state index contributed by atoms with van der Waals surface area (Å²) >= 11 is 0. The number of imide groups is 1. The highest BCUT2D eigenvalue weighted by molar-refractivity contribution is 6.05. The number of Topliss-reactive ketones (excluding diaryl/α,β-unsaturated/α-hetero) is 1. The van der Waals surface area contributed by atoms with Gasteiger partial charge in [-0.2, -0.15) is 0 Å². The van der Waals surface area contributed by atoms with E-state index in [1.54, 1.807) is 0 Å². The Morgan fingerprint density at radius 2 is 1.94 bits per heavy atom. The molecule has 1 aromatic carbocycles. The fourth-order valence-electron chi connectivity index (χ4n) is 1.70. The number of nitrogens with zero attached hydrogens (tertiary/aromatic N) is 1. The number of amides is 2. The molecule has 0 saturated carbocycles. The zero-order valence-electron chi connectivity index (χ0n) is 9.80. The second-order valence-electron chi connectivity index (χ2n) is 4.05. The predicted octanol–water partition coefficient (Wildman–Crippen LogP) is 1.51. The Balaban J connectivity index is 1.88. The number of carbonyl (C=O) groups is 3. The van der Waals surface area contributed by atoms with Crippen molar-refractivity contribution in [3.05, 3.63) is 35.9 Å². The van der Waals surface area contributed by atoms with Gasteiger partial charge in [0.05, 0.1) is 6.42 Å². The summed E-state index contributed by atoms with van der Waals surface area (Å²) in [5, 5.41) is 0. The molecule has 1 saturated heterocycles. The van der Waals surface area contributed by atoms with Crippen molar-refractivity contribution in [3.8, 4) is 0 Å². The number of hydrogen-bond donors (Lipinski definition) is 0. The van der Waals surface area contributed by atoms with Gasteiger partial charge in [0.1, 0.15) is 12.4 Å². The van der Waals surface area contributed by atoms with Crippen LogP contribution in [0.2, 0.25) is 0 Å². The standard InChI is InChI=1S/C13H13NO4/c15-11-6-7-14(12(16)8-11)13(17)18-9-10-4-2-1-3-5-10/h1-5H,6-9H2. The summed E-state index contributed by atoms with van der Waals surface area (Å²) in [6, 6.07) is 9.20. The van der Waals surface area contributed by atoms with Gasteiger partial charge in [-0.1, -0.05) is 30.3 Å². The molecular weight excluding hydrogens is 234 g/mol. The van der Waals surface area contributed by atoms with Gasteiger partial charge >= 0.3 is 6.09 Å². The Labute approximate surface area is 104 Å². The Bertz CT molecular complexity index is 469. The lowest BCUT2D eigenvalue weighted by Crippen LogP contribution is -2.43. The second kappa shape index (κ2) is 5.44. The van der Waals surface area contributed by atoms with Crippen LogP contribution in [-0.4, -0.2) is 29.2 Å². The summed E-state index contributed by atoms with van der Waals surface area (Å²) in [6.45, 7) is 0.239. The van der Waals surface area contributed by atoms with Gasteiger partial charge in [0, 0.05) is 13.0 Å². The highest BCUT2D eigenvalue weighted by Gasteiger charge is 2.29. The molecule has 0 N–H and O–H groups in total. The van der Waals surface area contributed by atoms with E-state index in [-0.39, 0.29) is 31.8 Å². The van der Waals surface area contributed by atoms with Gasteiger partial charge in [0.15, 0.2) is 0 Å². The van der Waals surface area contributed by atoms with E-state index in [0.717, 1.165) is 10.5 Å². The first-order chi connectivity index (χ1) is 8.66. The second-order valence-corrected chi connectivity index (χ2v) is 4.05. The molecule has 1 aliphatic rings. The van der Waals surface area contributed by atoms with Gasteiger partial charge in [0.25, 0.3) is 0 Å². The summed E-state index contributed by atoms with van der Waals surface area (Å²) in [5.74, 6) is -0.614. The number of piperidine rings is 1. The minimum absolute atomic E-state index is 0.116. The number of hydrogen-bond acceptors (Lipinski definition) is 4. The van der Waals surface area contributed by atoms with Crippen LogP contribution in [-0.2, 0) is 20.9 Å². The first kappa shape index (κ1) is 12.3. The maximum atomic E-state index is 11.7. The van der Waals surface area contributed by atoms with Gasteiger partial charge in [-0.05, 0) is 5.56 Å². The van der Waals surface area contributed by atoms with Crippen LogP contribution in [0.15, 0.2) is 30.3 Å². The minimum Gasteiger partial charge on any atom is -0.444 e. The van der Waals surface area contributed by atoms with Crippen molar-refractivity contribution in [1.29, 1.82) is 0 Å². The van der Waals surface area contributed by atoms with Crippen molar-refractivity contribution in [3.63, 3.8) is 0 Å². The SMILES string of the molecule is O=C1CCN(C(=O)OCc2ccccc2)C(=O)C1. The monoisotopic (exact) mass is 247 g/mol.